The number of anilines is 1. The van der Waals surface area contributed by atoms with E-state index in [1.807, 2.05) is 6.07 Å². The molecule has 0 saturated carbocycles. The van der Waals surface area contributed by atoms with Gasteiger partial charge in [-0.2, -0.15) is 0 Å². The summed E-state index contributed by atoms with van der Waals surface area (Å²) in [5, 5.41) is 7.02. The van der Waals surface area contributed by atoms with Gasteiger partial charge in [-0.3, -0.25) is 4.99 Å². The number of nitrogens with zero attached hydrogens (tertiary/aromatic N) is 2. The molecule has 0 aromatic heterocycles. The van der Waals surface area contributed by atoms with Gasteiger partial charge in [-0.25, -0.2) is 0 Å². The van der Waals surface area contributed by atoms with Gasteiger partial charge in [0.05, 0.1) is 0 Å². The summed E-state index contributed by atoms with van der Waals surface area (Å²) in [6, 6.07) is 10.9. The van der Waals surface area contributed by atoms with Gasteiger partial charge in [0.15, 0.2) is 5.96 Å². The Morgan fingerprint density at radius 2 is 2.16 bits per heavy atom. The molecule has 1 fully saturated rings. The Kier molecular flexibility index (Phi) is 3.98. The number of rotatable bonds is 3. The predicted octanol–water partition coefficient (Wildman–Crippen LogP) is 1.91. The molecule has 2 aliphatic heterocycles. The van der Waals surface area contributed by atoms with Crippen molar-refractivity contribution in [1.29, 1.82) is 0 Å². The van der Waals surface area contributed by atoms with Crippen LogP contribution in [0, 0.1) is 0 Å². The summed E-state index contributed by atoms with van der Waals surface area (Å²) in [6.45, 7) is 4.27. The first-order chi connectivity index (χ1) is 9.42. The van der Waals surface area contributed by atoms with Crippen molar-refractivity contribution in [2.45, 2.75) is 25.3 Å². The number of guanidine groups is 1. The van der Waals surface area contributed by atoms with E-state index in [4.69, 9.17) is 0 Å². The Morgan fingerprint density at radius 3 is 2.95 bits per heavy atom. The molecule has 0 spiro atoms. The summed E-state index contributed by atoms with van der Waals surface area (Å²) < 4.78 is 0. The van der Waals surface area contributed by atoms with Crippen LogP contribution in [0.3, 0.4) is 0 Å². The molecular formula is C15H22N4. The van der Waals surface area contributed by atoms with Crippen molar-refractivity contribution >= 4 is 11.6 Å². The van der Waals surface area contributed by atoms with Crippen molar-refractivity contribution in [1.82, 2.24) is 10.2 Å². The molecule has 0 bridgehead atoms. The highest BCUT2D eigenvalue weighted by Crippen LogP contribution is 2.13. The van der Waals surface area contributed by atoms with Gasteiger partial charge in [-0.1, -0.05) is 18.2 Å². The highest BCUT2D eigenvalue weighted by molar-refractivity contribution is 5.94. The molecule has 0 radical (unpaired) electrons. The SMILES string of the molecule is c1ccc(NC2=NCCCN2C[C@@H]2CCCN2)cc1. The Bertz CT molecular complexity index is 423. The fraction of sp³-hybridized carbons (Fsp3) is 0.533. The molecular weight excluding hydrogens is 236 g/mol. The summed E-state index contributed by atoms with van der Waals surface area (Å²) in [6.07, 6.45) is 3.75. The smallest absolute Gasteiger partial charge is 0.198 e. The zero-order valence-electron chi connectivity index (χ0n) is 11.3. The second kappa shape index (κ2) is 6.06. The molecule has 0 aliphatic carbocycles. The summed E-state index contributed by atoms with van der Waals surface area (Å²) in [5.41, 5.74) is 1.12. The molecule has 0 unspecified atom stereocenters. The fourth-order valence-corrected chi connectivity index (χ4v) is 2.78. The lowest BCUT2D eigenvalue weighted by molar-refractivity contribution is 0.351. The van der Waals surface area contributed by atoms with Crippen LogP contribution in [-0.4, -0.2) is 43.1 Å². The first kappa shape index (κ1) is 12.5. The first-order valence-corrected chi connectivity index (χ1v) is 7.27. The number of hydrogen-bond acceptors (Lipinski definition) is 4. The maximum atomic E-state index is 4.65. The molecule has 1 atom stereocenters. The van der Waals surface area contributed by atoms with Crippen LogP contribution in [0.1, 0.15) is 19.3 Å². The Balaban J connectivity index is 1.65. The van der Waals surface area contributed by atoms with Gasteiger partial charge < -0.3 is 15.5 Å². The molecule has 2 heterocycles. The van der Waals surface area contributed by atoms with E-state index >= 15 is 0 Å². The third-order valence-corrected chi connectivity index (χ3v) is 3.78. The topological polar surface area (TPSA) is 39.7 Å². The van der Waals surface area contributed by atoms with Crippen molar-refractivity contribution in [2.24, 2.45) is 4.99 Å². The van der Waals surface area contributed by atoms with E-state index in [1.165, 1.54) is 12.8 Å². The minimum atomic E-state index is 0.626. The summed E-state index contributed by atoms with van der Waals surface area (Å²) in [4.78, 5) is 7.04. The van der Waals surface area contributed by atoms with Crippen LogP contribution >= 0.6 is 0 Å². The molecule has 1 aromatic carbocycles. The van der Waals surface area contributed by atoms with Crippen LogP contribution in [0.15, 0.2) is 35.3 Å². The van der Waals surface area contributed by atoms with Crippen LogP contribution in [0.4, 0.5) is 5.69 Å². The number of benzene rings is 1. The second-order valence-corrected chi connectivity index (χ2v) is 5.29. The molecule has 4 heteroatoms. The van der Waals surface area contributed by atoms with E-state index in [2.05, 4.69) is 44.8 Å². The van der Waals surface area contributed by atoms with E-state index in [9.17, 15) is 0 Å². The summed E-state index contributed by atoms with van der Waals surface area (Å²) in [5.74, 6) is 1.03. The van der Waals surface area contributed by atoms with Gasteiger partial charge in [0.25, 0.3) is 0 Å². The largest absolute Gasteiger partial charge is 0.341 e. The molecule has 19 heavy (non-hydrogen) atoms. The zero-order valence-corrected chi connectivity index (χ0v) is 11.3. The van der Waals surface area contributed by atoms with Crippen LogP contribution in [0.25, 0.3) is 0 Å². The molecule has 102 valence electrons. The lowest BCUT2D eigenvalue weighted by Gasteiger charge is -2.32. The number of nitrogens with one attached hydrogen (secondary N) is 2. The molecule has 2 aliphatic rings. The van der Waals surface area contributed by atoms with Gasteiger partial charge in [0.1, 0.15) is 0 Å². The van der Waals surface area contributed by atoms with E-state index in [-0.39, 0.29) is 0 Å². The third-order valence-electron chi connectivity index (χ3n) is 3.78. The van der Waals surface area contributed by atoms with Crippen molar-refractivity contribution < 1.29 is 0 Å². The monoisotopic (exact) mass is 258 g/mol. The first-order valence-electron chi connectivity index (χ1n) is 7.27. The van der Waals surface area contributed by atoms with Gasteiger partial charge >= 0.3 is 0 Å². The van der Waals surface area contributed by atoms with Crippen LogP contribution < -0.4 is 10.6 Å². The van der Waals surface area contributed by atoms with Crippen molar-refractivity contribution in [3.05, 3.63) is 30.3 Å². The number of hydrogen-bond donors (Lipinski definition) is 2. The third kappa shape index (κ3) is 3.26. The average molecular weight is 258 g/mol. The average Bonchev–Trinajstić information content (AvgIpc) is 2.95. The molecule has 3 rings (SSSR count). The molecule has 1 aromatic rings. The van der Waals surface area contributed by atoms with Gasteiger partial charge in [-0.15, -0.1) is 0 Å². The molecule has 0 amide bonds. The normalized spacial score (nSPS) is 23.3. The van der Waals surface area contributed by atoms with E-state index in [0.29, 0.717) is 6.04 Å². The van der Waals surface area contributed by atoms with Gasteiger partial charge in [0, 0.05) is 31.4 Å². The lowest BCUT2D eigenvalue weighted by Crippen LogP contribution is -2.46. The van der Waals surface area contributed by atoms with Crippen molar-refractivity contribution in [3.63, 3.8) is 0 Å². The standard InChI is InChI=1S/C15H22N4/c1-2-6-13(7-3-1)18-15-17-10-5-11-19(15)12-14-8-4-9-16-14/h1-3,6-7,14,16H,4-5,8-12H2,(H,17,18)/t14-/m0/s1. The van der Waals surface area contributed by atoms with E-state index < -0.39 is 0 Å². The van der Waals surface area contributed by atoms with Crippen LogP contribution in [0.2, 0.25) is 0 Å². The number of para-hydroxylation sites is 1. The minimum absolute atomic E-state index is 0.626. The maximum absolute atomic E-state index is 4.65. The fourth-order valence-electron chi connectivity index (χ4n) is 2.78. The van der Waals surface area contributed by atoms with E-state index in [1.54, 1.807) is 0 Å². The molecule has 1 saturated heterocycles. The van der Waals surface area contributed by atoms with Crippen LogP contribution in [-0.2, 0) is 0 Å². The summed E-state index contributed by atoms with van der Waals surface area (Å²) in [7, 11) is 0. The van der Waals surface area contributed by atoms with E-state index in [0.717, 1.165) is 44.2 Å². The quantitative estimate of drug-likeness (QED) is 0.870. The zero-order chi connectivity index (χ0) is 12.9. The molecule has 2 N–H and O–H groups in total. The van der Waals surface area contributed by atoms with Crippen LogP contribution in [0.5, 0.6) is 0 Å². The minimum Gasteiger partial charge on any atom is -0.341 e. The van der Waals surface area contributed by atoms with Gasteiger partial charge in [-0.05, 0) is 37.9 Å². The highest BCUT2D eigenvalue weighted by Gasteiger charge is 2.21. The van der Waals surface area contributed by atoms with Crippen molar-refractivity contribution in [2.75, 3.05) is 31.5 Å². The Hall–Kier alpha value is -1.55. The predicted molar refractivity (Wildman–Crippen MR) is 79.6 cm³/mol. The second-order valence-electron chi connectivity index (χ2n) is 5.29. The highest BCUT2D eigenvalue weighted by atomic mass is 15.3. The van der Waals surface area contributed by atoms with Gasteiger partial charge in [0.2, 0.25) is 0 Å². The van der Waals surface area contributed by atoms with Crippen molar-refractivity contribution in [3.8, 4) is 0 Å². The maximum Gasteiger partial charge on any atom is 0.198 e. The summed E-state index contributed by atoms with van der Waals surface area (Å²) >= 11 is 0. The Morgan fingerprint density at radius 1 is 1.26 bits per heavy atom. The Labute approximate surface area is 114 Å². The lowest BCUT2D eigenvalue weighted by atomic mass is 10.2. The number of aliphatic imine (C=N–C) groups is 1. The molecule has 4 nitrogen and oxygen atoms in total.